The number of hydrogen-bond donors (Lipinski definition) is 2. The maximum Gasteiger partial charge on any atom is 0.291 e. The molecule has 0 aliphatic rings. The second-order valence-corrected chi connectivity index (χ2v) is 7.16. The number of amides is 2. The van der Waals surface area contributed by atoms with E-state index >= 15 is 0 Å². The second-order valence-electron chi connectivity index (χ2n) is 7.16. The molecule has 0 spiro atoms. The first kappa shape index (κ1) is 19.4. The lowest BCUT2D eigenvalue weighted by molar-refractivity contribution is 0.0994. The van der Waals surface area contributed by atoms with Crippen molar-refractivity contribution in [2.24, 2.45) is 0 Å². The molecule has 8 heteroatoms. The Bertz CT molecular complexity index is 1210. The maximum atomic E-state index is 13.0. The molecule has 2 amide bonds. The number of aryl methyl sites for hydroxylation is 1. The average Bonchev–Trinajstić information content (AvgIpc) is 3.39. The van der Waals surface area contributed by atoms with Crippen molar-refractivity contribution in [3.63, 3.8) is 0 Å². The van der Waals surface area contributed by atoms with Gasteiger partial charge in [0.15, 0.2) is 5.76 Å². The van der Waals surface area contributed by atoms with Gasteiger partial charge in [-0.1, -0.05) is 19.0 Å². The number of aromatic nitrogens is 2. The Hall–Kier alpha value is -3.94. The Morgan fingerprint density at radius 2 is 1.67 bits per heavy atom. The molecule has 0 fully saturated rings. The third-order valence-corrected chi connectivity index (χ3v) is 4.62. The second kappa shape index (κ2) is 7.82. The van der Waals surface area contributed by atoms with Gasteiger partial charge in [0.25, 0.3) is 17.5 Å². The van der Waals surface area contributed by atoms with E-state index in [1.165, 1.54) is 6.26 Å². The van der Waals surface area contributed by atoms with Gasteiger partial charge in [-0.25, -0.2) is 4.98 Å². The molecule has 4 aromatic rings. The Morgan fingerprint density at radius 3 is 2.27 bits per heavy atom. The van der Waals surface area contributed by atoms with E-state index in [-0.39, 0.29) is 23.5 Å². The van der Waals surface area contributed by atoms with Crippen molar-refractivity contribution in [3.8, 4) is 0 Å². The van der Waals surface area contributed by atoms with Crippen LogP contribution in [0.2, 0.25) is 0 Å². The molecule has 0 bridgehead atoms. The van der Waals surface area contributed by atoms with Crippen LogP contribution >= 0.6 is 0 Å². The number of anilines is 2. The quantitative estimate of drug-likeness (QED) is 0.496. The van der Waals surface area contributed by atoms with Crippen molar-refractivity contribution in [1.82, 2.24) is 10.1 Å². The SMILES string of the molecule is Cc1noc2nc(C(C)C)cc(C(=O)Nc3ccc(NC(=O)c4ccco4)cc3)c12. The van der Waals surface area contributed by atoms with E-state index < -0.39 is 0 Å². The molecule has 3 aromatic heterocycles. The topological polar surface area (TPSA) is 110 Å². The number of furan rings is 1. The van der Waals surface area contributed by atoms with Gasteiger partial charge in [0.1, 0.15) is 0 Å². The molecule has 3 heterocycles. The van der Waals surface area contributed by atoms with Crippen LogP contribution in [0.15, 0.2) is 57.7 Å². The molecule has 0 radical (unpaired) electrons. The molecule has 8 nitrogen and oxygen atoms in total. The van der Waals surface area contributed by atoms with Crippen molar-refractivity contribution in [3.05, 3.63) is 71.4 Å². The van der Waals surface area contributed by atoms with Gasteiger partial charge in [-0.3, -0.25) is 9.59 Å². The highest BCUT2D eigenvalue weighted by atomic mass is 16.5. The summed E-state index contributed by atoms with van der Waals surface area (Å²) < 4.78 is 10.3. The largest absolute Gasteiger partial charge is 0.459 e. The van der Waals surface area contributed by atoms with E-state index in [9.17, 15) is 9.59 Å². The first-order valence-corrected chi connectivity index (χ1v) is 9.45. The molecule has 0 aliphatic heterocycles. The van der Waals surface area contributed by atoms with Gasteiger partial charge >= 0.3 is 0 Å². The number of hydrogen-bond acceptors (Lipinski definition) is 6. The normalized spacial score (nSPS) is 11.1. The maximum absolute atomic E-state index is 13.0. The van der Waals surface area contributed by atoms with Crippen LogP contribution in [0.1, 0.15) is 52.1 Å². The van der Waals surface area contributed by atoms with E-state index in [0.29, 0.717) is 33.7 Å². The first-order valence-electron chi connectivity index (χ1n) is 9.45. The lowest BCUT2D eigenvalue weighted by atomic mass is 10.0. The van der Waals surface area contributed by atoms with Crippen molar-refractivity contribution in [1.29, 1.82) is 0 Å². The summed E-state index contributed by atoms with van der Waals surface area (Å²) in [5, 5.41) is 10.1. The predicted octanol–water partition coefficient (Wildman–Crippen LogP) is 4.75. The standard InChI is InChI=1S/C22H20N4O4/c1-12(2)17-11-16(19-13(3)26-30-22(19)25-17)20(27)23-14-6-8-15(9-7-14)24-21(28)18-5-4-10-29-18/h4-12H,1-3H3,(H,23,27)(H,24,28). The third kappa shape index (κ3) is 3.80. The van der Waals surface area contributed by atoms with E-state index in [0.717, 1.165) is 5.69 Å². The molecule has 30 heavy (non-hydrogen) atoms. The zero-order chi connectivity index (χ0) is 21.3. The lowest BCUT2D eigenvalue weighted by Crippen LogP contribution is -2.14. The lowest BCUT2D eigenvalue weighted by Gasteiger charge is -2.10. The smallest absolute Gasteiger partial charge is 0.291 e. The fraction of sp³-hybridized carbons (Fsp3) is 0.182. The minimum atomic E-state index is -0.347. The minimum Gasteiger partial charge on any atom is -0.459 e. The number of benzene rings is 1. The zero-order valence-corrected chi connectivity index (χ0v) is 16.7. The molecular formula is C22H20N4O4. The first-order chi connectivity index (χ1) is 14.4. The van der Waals surface area contributed by atoms with E-state index in [4.69, 9.17) is 8.94 Å². The summed E-state index contributed by atoms with van der Waals surface area (Å²) in [7, 11) is 0. The Morgan fingerprint density at radius 1 is 1.00 bits per heavy atom. The summed E-state index contributed by atoms with van der Waals surface area (Å²) in [5.74, 6) is -0.286. The van der Waals surface area contributed by atoms with Crippen LogP contribution in [0, 0.1) is 6.92 Å². The summed E-state index contributed by atoms with van der Waals surface area (Å²) in [6.07, 6.45) is 1.44. The van der Waals surface area contributed by atoms with Crippen LogP contribution in [0.5, 0.6) is 0 Å². The monoisotopic (exact) mass is 404 g/mol. The fourth-order valence-electron chi connectivity index (χ4n) is 3.02. The van der Waals surface area contributed by atoms with Crippen LogP contribution in [-0.4, -0.2) is 22.0 Å². The van der Waals surface area contributed by atoms with Crippen LogP contribution in [0.25, 0.3) is 11.1 Å². The van der Waals surface area contributed by atoms with Crippen molar-refractivity contribution in [2.45, 2.75) is 26.7 Å². The third-order valence-electron chi connectivity index (χ3n) is 4.62. The summed E-state index contributed by atoms with van der Waals surface area (Å²) in [6, 6.07) is 11.8. The number of carbonyl (C=O) groups is 2. The van der Waals surface area contributed by atoms with Gasteiger partial charge in [-0.15, -0.1) is 0 Å². The van der Waals surface area contributed by atoms with Crippen molar-refractivity contribution < 1.29 is 18.5 Å². The summed E-state index contributed by atoms with van der Waals surface area (Å²) in [4.78, 5) is 29.5. The van der Waals surface area contributed by atoms with Crippen LogP contribution in [-0.2, 0) is 0 Å². The molecule has 0 saturated carbocycles. The number of rotatable bonds is 5. The number of nitrogens with zero attached hydrogens (tertiary/aromatic N) is 2. The number of nitrogens with one attached hydrogen (secondary N) is 2. The summed E-state index contributed by atoms with van der Waals surface area (Å²) in [6.45, 7) is 5.76. The highest BCUT2D eigenvalue weighted by molar-refractivity contribution is 6.12. The molecule has 4 rings (SSSR count). The Balaban J connectivity index is 1.54. The van der Waals surface area contributed by atoms with Gasteiger partial charge in [0.2, 0.25) is 0 Å². The van der Waals surface area contributed by atoms with Gasteiger partial charge in [-0.2, -0.15) is 0 Å². The highest BCUT2D eigenvalue weighted by Gasteiger charge is 2.20. The molecule has 152 valence electrons. The molecule has 0 unspecified atom stereocenters. The summed E-state index contributed by atoms with van der Waals surface area (Å²) >= 11 is 0. The van der Waals surface area contributed by atoms with E-state index in [2.05, 4.69) is 20.8 Å². The van der Waals surface area contributed by atoms with Crippen LogP contribution in [0.3, 0.4) is 0 Å². The predicted molar refractivity (Wildman–Crippen MR) is 112 cm³/mol. The van der Waals surface area contributed by atoms with Crippen LogP contribution in [0.4, 0.5) is 11.4 Å². The van der Waals surface area contributed by atoms with E-state index in [1.807, 2.05) is 13.8 Å². The average molecular weight is 404 g/mol. The summed E-state index contributed by atoms with van der Waals surface area (Å²) in [5.41, 5.74) is 3.32. The van der Waals surface area contributed by atoms with Crippen molar-refractivity contribution >= 4 is 34.3 Å². The Labute approximate surface area is 172 Å². The molecule has 2 N–H and O–H groups in total. The Kier molecular flexibility index (Phi) is 5.05. The van der Waals surface area contributed by atoms with Gasteiger partial charge in [-0.05, 0) is 55.3 Å². The molecular weight excluding hydrogens is 384 g/mol. The minimum absolute atomic E-state index is 0.128. The molecule has 0 aliphatic carbocycles. The zero-order valence-electron chi connectivity index (χ0n) is 16.7. The van der Waals surface area contributed by atoms with Gasteiger partial charge in [0.05, 0.1) is 22.9 Å². The highest BCUT2D eigenvalue weighted by Crippen LogP contribution is 2.26. The van der Waals surface area contributed by atoms with Gasteiger partial charge < -0.3 is 19.6 Å². The fourth-order valence-corrected chi connectivity index (χ4v) is 3.02. The number of fused-ring (bicyclic) bond motifs is 1. The van der Waals surface area contributed by atoms with Crippen LogP contribution < -0.4 is 10.6 Å². The molecule has 0 atom stereocenters. The van der Waals surface area contributed by atoms with E-state index in [1.54, 1.807) is 49.4 Å². The van der Waals surface area contributed by atoms with Gasteiger partial charge in [0, 0.05) is 17.1 Å². The van der Waals surface area contributed by atoms with Crippen molar-refractivity contribution in [2.75, 3.05) is 10.6 Å². The molecule has 0 saturated heterocycles. The number of pyridine rings is 1. The number of carbonyl (C=O) groups excluding carboxylic acids is 2. The molecule has 1 aromatic carbocycles.